The number of aromatic nitrogens is 2. The van der Waals surface area contributed by atoms with Crippen LogP contribution in [0.3, 0.4) is 0 Å². The number of hydrogen-bond acceptors (Lipinski definition) is 4. The van der Waals surface area contributed by atoms with Gasteiger partial charge in [-0.05, 0) is 108 Å². The lowest BCUT2D eigenvalue weighted by Gasteiger charge is -2.42. The van der Waals surface area contributed by atoms with Gasteiger partial charge in [0.05, 0.1) is 5.69 Å². The monoisotopic (exact) mass is 634 g/mol. The van der Waals surface area contributed by atoms with E-state index in [-0.39, 0.29) is 17.9 Å². The summed E-state index contributed by atoms with van der Waals surface area (Å²) >= 11 is 0. The van der Waals surface area contributed by atoms with E-state index in [1.54, 1.807) is 13.1 Å². The van der Waals surface area contributed by atoms with Crippen molar-refractivity contribution in [2.75, 3.05) is 6.54 Å². The summed E-state index contributed by atoms with van der Waals surface area (Å²) in [5.41, 5.74) is 7.42. The first-order chi connectivity index (χ1) is 21.3. The van der Waals surface area contributed by atoms with Crippen molar-refractivity contribution in [2.24, 2.45) is 28.9 Å². The Balaban J connectivity index is 0. The molecular formula is C38H72FN5O. The molecule has 1 saturated heterocycles. The normalized spacial score (nSPS) is 22.1. The number of carbonyl (C=O) groups is 1. The summed E-state index contributed by atoms with van der Waals surface area (Å²) in [5.74, 6) is 3.01. The fourth-order valence-electron chi connectivity index (χ4n) is 6.60. The third-order valence-electron chi connectivity index (χ3n) is 9.02. The first-order valence-electron chi connectivity index (χ1n) is 17.9. The van der Waals surface area contributed by atoms with Crippen LogP contribution in [0.2, 0.25) is 0 Å². The molecule has 1 aromatic heterocycles. The molecule has 0 aromatic carbocycles. The molecule has 1 aromatic rings. The number of nitrogens with zero attached hydrogens (tertiary/aromatic N) is 1. The van der Waals surface area contributed by atoms with Crippen molar-refractivity contribution in [2.45, 2.75) is 171 Å². The van der Waals surface area contributed by atoms with Gasteiger partial charge in [0.15, 0.2) is 0 Å². The lowest BCUT2D eigenvalue weighted by Crippen LogP contribution is -2.33. The first kappa shape index (κ1) is 44.9. The zero-order valence-electron chi connectivity index (χ0n) is 31.0. The fourth-order valence-corrected chi connectivity index (χ4v) is 6.60. The molecule has 3 fully saturated rings. The Bertz CT molecular complexity index is 910. The largest absolute Gasteiger partial charge is 0.356 e. The highest BCUT2D eigenvalue weighted by atomic mass is 19.1. The van der Waals surface area contributed by atoms with Gasteiger partial charge in [-0.25, -0.2) is 9.37 Å². The number of imidazole rings is 1. The van der Waals surface area contributed by atoms with E-state index in [0.717, 1.165) is 74.1 Å². The Morgan fingerprint density at radius 2 is 1.78 bits per heavy atom. The third kappa shape index (κ3) is 19.2. The number of carbonyl (C=O) groups excluding carboxylic acids is 1. The van der Waals surface area contributed by atoms with Crippen molar-refractivity contribution in [1.82, 2.24) is 15.3 Å². The number of piperidine rings is 1. The van der Waals surface area contributed by atoms with Crippen molar-refractivity contribution in [1.29, 1.82) is 5.41 Å². The summed E-state index contributed by atoms with van der Waals surface area (Å²) in [6.45, 7) is 21.6. The van der Waals surface area contributed by atoms with Crippen LogP contribution in [0, 0.1) is 48.3 Å². The van der Waals surface area contributed by atoms with Crippen LogP contribution in [0.4, 0.5) is 4.39 Å². The Morgan fingerprint density at radius 1 is 1.16 bits per heavy atom. The van der Waals surface area contributed by atoms with Crippen molar-refractivity contribution in [3.63, 3.8) is 0 Å². The Hall–Kier alpha value is -2.20. The van der Waals surface area contributed by atoms with Crippen molar-refractivity contribution < 1.29 is 9.18 Å². The first-order valence-corrected chi connectivity index (χ1v) is 17.9. The predicted octanol–water partition coefficient (Wildman–Crippen LogP) is 10.3. The van der Waals surface area contributed by atoms with Gasteiger partial charge < -0.3 is 21.4 Å². The molecule has 262 valence electrons. The number of rotatable bonds is 9. The average molecular weight is 634 g/mol. The van der Waals surface area contributed by atoms with Crippen molar-refractivity contribution >= 4 is 11.6 Å². The molecule has 1 amide bonds. The fraction of sp³-hybridized carbons (Fsp3) is 0.816. The minimum Gasteiger partial charge on any atom is -0.356 e. The molecule has 7 heteroatoms. The minimum absolute atomic E-state index is 0.114. The Morgan fingerprint density at radius 3 is 2.16 bits per heavy atom. The zero-order valence-corrected chi connectivity index (χ0v) is 31.0. The van der Waals surface area contributed by atoms with Gasteiger partial charge in [-0.1, -0.05) is 67.7 Å². The Labute approximate surface area is 278 Å². The summed E-state index contributed by atoms with van der Waals surface area (Å²) in [6, 6.07) is -0.114. The highest BCUT2D eigenvalue weighted by Crippen LogP contribution is 2.46. The van der Waals surface area contributed by atoms with Gasteiger partial charge in [-0.3, -0.25) is 4.79 Å². The number of aromatic amines is 1. The molecule has 6 nitrogen and oxygen atoms in total. The number of amides is 1. The average Bonchev–Trinajstić information content (AvgIpc) is 3.41. The molecule has 3 unspecified atom stereocenters. The van der Waals surface area contributed by atoms with Crippen LogP contribution in [0.5, 0.6) is 0 Å². The SMILES string of the molecule is C#C.CC.CC.CCCC(CC(C)=N)CC(C)(C)C1CCC1.Cc1ncc(C(N)[C@H]2CCCC(C)(F)C2)[nH]1.O=C1CCCCN1. The minimum atomic E-state index is -1.05. The number of aryl methyl sites for hydroxylation is 1. The second kappa shape index (κ2) is 25.0. The highest BCUT2D eigenvalue weighted by molar-refractivity contribution is 5.78. The number of hydrogen-bond donors (Lipinski definition) is 4. The van der Waals surface area contributed by atoms with Crippen LogP contribution >= 0.6 is 0 Å². The molecule has 1 aliphatic heterocycles. The smallest absolute Gasteiger partial charge is 0.219 e. The summed E-state index contributed by atoms with van der Waals surface area (Å²) in [7, 11) is 0. The molecule has 3 aliphatic rings. The predicted molar refractivity (Wildman–Crippen MR) is 193 cm³/mol. The number of H-pyrrole nitrogens is 1. The van der Waals surface area contributed by atoms with Gasteiger partial charge >= 0.3 is 0 Å². The summed E-state index contributed by atoms with van der Waals surface area (Å²) in [5, 5.41) is 10.4. The maximum absolute atomic E-state index is 13.9. The van der Waals surface area contributed by atoms with Gasteiger partial charge in [-0.15, -0.1) is 12.8 Å². The van der Waals surface area contributed by atoms with Crippen molar-refractivity contribution in [3.05, 3.63) is 17.7 Å². The standard InChI is InChI=1S/C15H29N.C12H20FN3.C5H9NO.2C2H6.C2H2/c1-5-7-13(10-12(2)16)11-15(3,4)14-8-6-9-14;1-8-15-7-10(16-8)11(14)9-4-3-5-12(2,13)6-9;7-5-3-1-2-4-6-5;3*1-2/h13-14,16H,5-11H2,1-4H3;7,9,11H,3-6,14H2,1-2H3,(H,15,16);1-4H2,(H,6,7);2*1-2H3;1-2H/t;9-,11?,12?;;;;/m.0..../s1. The van der Waals surface area contributed by atoms with Gasteiger partial charge in [0, 0.05) is 30.9 Å². The van der Waals surface area contributed by atoms with Gasteiger partial charge in [0.1, 0.15) is 11.5 Å². The van der Waals surface area contributed by atoms with E-state index < -0.39 is 5.67 Å². The molecule has 0 bridgehead atoms. The maximum Gasteiger partial charge on any atom is 0.219 e. The second-order valence-corrected chi connectivity index (χ2v) is 13.5. The van der Waals surface area contributed by atoms with Gasteiger partial charge in [-0.2, -0.15) is 0 Å². The van der Waals surface area contributed by atoms with E-state index in [1.807, 2.05) is 41.5 Å². The van der Waals surface area contributed by atoms with Crippen LogP contribution < -0.4 is 11.1 Å². The van der Waals surface area contributed by atoms with E-state index in [2.05, 4.69) is 48.9 Å². The van der Waals surface area contributed by atoms with Crippen LogP contribution in [0.1, 0.15) is 170 Å². The lowest BCUT2D eigenvalue weighted by atomic mass is 9.63. The van der Waals surface area contributed by atoms with Crippen LogP contribution in [-0.2, 0) is 4.79 Å². The Kier molecular flexibility index (Phi) is 24.9. The molecular weight excluding hydrogens is 561 g/mol. The van der Waals surface area contributed by atoms with Crippen molar-refractivity contribution in [3.8, 4) is 12.8 Å². The molecule has 2 heterocycles. The topological polar surface area (TPSA) is 108 Å². The molecule has 0 radical (unpaired) electrons. The molecule has 2 aliphatic carbocycles. The maximum atomic E-state index is 13.9. The number of alkyl halides is 1. The van der Waals surface area contributed by atoms with Gasteiger partial charge in [0.25, 0.3) is 0 Å². The molecule has 2 saturated carbocycles. The second-order valence-electron chi connectivity index (χ2n) is 13.5. The van der Waals surface area contributed by atoms with E-state index >= 15 is 0 Å². The van der Waals surface area contributed by atoms with E-state index in [9.17, 15) is 9.18 Å². The van der Waals surface area contributed by atoms with Crippen LogP contribution in [0.25, 0.3) is 0 Å². The number of nitrogens with two attached hydrogens (primary N) is 1. The molecule has 4 atom stereocenters. The van der Waals surface area contributed by atoms with Crippen LogP contribution in [-0.4, -0.2) is 33.8 Å². The summed E-state index contributed by atoms with van der Waals surface area (Å²) < 4.78 is 13.9. The molecule has 4 rings (SSSR count). The molecule has 5 N–H and O–H groups in total. The number of nitrogens with one attached hydrogen (secondary N) is 3. The number of terminal acetylenes is 1. The molecule has 0 spiro atoms. The quantitative estimate of drug-likeness (QED) is 0.160. The van der Waals surface area contributed by atoms with Gasteiger partial charge in [0.2, 0.25) is 5.91 Å². The molecule has 45 heavy (non-hydrogen) atoms. The highest BCUT2D eigenvalue weighted by Gasteiger charge is 2.36. The summed E-state index contributed by atoms with van der Waals surface area (Å²) in [6.07, 6.45) is 25.1. The zero-order chi connectivity index (χ0) is 35.1. The lowest BCUT2D eigenvalue weighted by molar-refractivity contribution is -0.122. The van der Waals surface area contributed by atoms with Crippen LogP contribution in [0.15, 0.2) is 6.20 Å². The number of halogens is 1. The van der Waals surface area contributed by atoms with E-state index in [0.29, 0.717) is 18.3 Å². The third-order valence-corrected chi connectivity index (χ3v) is 9.02. The summed E-state index contributed by atoms with van der Waals surface area (Å²) in [4.78, 5) is 17.6. The van der Waals surface area contributed by atoms with E-state index in [4.69, 9.17) is 11.1 Å². The van der Waals surface area contributed by atoms with E-state index in [1.165, 1.54) is 38.5 Å².